The third kappa shape index (κ3) is 2.54. The van der Waals surface area contributed by atoms with Gasteiger partial charge in [0.1, 0.15) is 19.0 Å². The van der Waals surface area contributed by atoms with Crippen LogP contribution in [0.4, 0.5) is 10.1 Å². The second-order valence-corrected chi connectivity index (χ2v) is 4.76. The molecule has 2 aromatic rings. The standard InChI is InChI=1S/C16H16FNO2/c1-11-9-13(5-6-14(11)17)18-10-12-3-2-4-15-16(12)20-8-7-19-15/h2-6,9,18H,7-8,10H2,1H3. The van der Waals surface area contributed by atoms with E-state index in [9.17, 15) is 4.39 Å². The summed E-state index contributed by atoms with van der Waals surface area (Å²) < 4.78 is 24.4. The zero-order valence-electron chi connectivity index (χ0n) is 11.3. The molecule has 0 bridgehead atoms. The number of hydrogen-bond donors (Lipinski definition) is 1. The van der Waals surface area contributed by atoms with E-state index in [1.807, 2.05) is 18.2 Å². The number of benzene rings is 2. The Morgan fingerprint density at radius 3 is 2.85 bits per heavy atom. The van der Waals surface area contributed by atoms with Gasteiger partial charge in [-0.25, -0.2) is 4.39 Å². The molecule has 1 heterocycles. The van der Waals surface area contributed by atoms with Crippen molar-refractivity contribution in [3.05, 3.63) is 53.3 Å². The number of aryl methyl sites for hydroxylation is 1. The van der Waals surface area contributed by atoms with Crippen LogP contribution >= 0.6 is 0 Å². The Morgan fingerprint density at radius 1 is 1.15 bits per heavy atom. The van der Waals surface area contributed by atoms with Gasteiger partial charge in [-0.3, -0.25) is 0 Å². The van der Waals surface area contributed by atoms with Gasteiger partial charge in [0.25, 0.3) is 0 Å². The van der Waals surface area contributed by atoms with E-state index in [4.69, 9.17) is 9.47 Å². The molecule has 20 heavy (non-hydrogen) atoms. The lowest BCUT2D eigenvalue weighted by atomic mass is 10.1. The van der Waals surface area contributed by atoms with Gasteiger partial charge in [-0.05, 0) is 36.8 Å². The maximum Gasteiger partial charge on any atom is 0.166 e. The molecule has 3 rings (SSSR count). The third-order valence-electron chi connectivity index (χ3n) is 3.29. The second kappa shape index (κ2) is 5.41. The van der Waals surface area contributed by atoms with Crippen LogP contribution in [-0.4, -0.2) is 13.2 Å². The highest BCUT2D eigenvalue weighted by atomic mass is 19.1. The quantitative estimate of drug-likeness (QED) is 0.928. The molecule has 104 valence electrons. The first-order chi connectivity index (χ1) is 9.74. The van der Waals surface area contributed by atoms with Crippen LogP contribution in [0.1, 0.15) is 11.1 Å². The summed E-state index contributed by atoms with van der Waals surface area (Å²) in [4.78, 5) is 0. The fourth-order valence-electron chi connectivity index (χ4n) is 2.23. The number of fused-ring (bicyclic) bond motifs is 1. The van der Waals surface area contributed by atoms with Crippen LogP contribution in [-0.2, 0) is 6.54 Å². The van der Waals surface area contributed by atoms with E-state index in [0.29, 0.717) is 25.3 Å². The molecular formula is C16H16FNO2. The Morgan fingerprint density at radius 2 is 2.00 bits per heavy atom. The average molecular weight is 273 g/mol. The van der Waals surface area contributed by atoms with Crippen molar-refractivity contribution in [2.45, 2.75) is 13.5 Å². The van der Waals surface area contributed by atoms with Gasteiger partial charge in [0, 0.05) is 17.8 Å². The zero-order chi connectivity index (χ0) is 13.9. The molecule has 0 saturated heterocycles. The number of rotatable bonds is 3. The maximum atomic E-state index is 13.2. The van der Waals surface area contributed by atoms with Gasteiger partial charge in [-0.15, -0.1) is 0 Å². The summed E-state index contributed by atoms with van der Waals surface area (Å²) in [5.74, 6) is 1.39. The van der Waals surface area contributed by atoms with E-state index in [1.54, 1.807) is 19.1 Å². The molecule has 0 radical (unpaired) electrons. The predicted octanol–water partition coefficient (Wildman–Crippen LogP) is 3.52. The molecule has 0 fully saturated rings. The van der Waals surface area contributed by atoms with Crippen molar-refractivity contribution in [3.63, 3.8) is 0 Å². The van der Waals surface area contributed by atoms with E-state index < -0.39 is 0 Å². The van der Waals surface area contributed by atoms with Gasteiger partial charge in [-0.2, -0.15) is 0 Å². The normalized spacial score (nSPS) is 13.1. The minimum Gasteiger partial charge on any atom is -0.486 e. The molecule has 1 aliphatic rings. The highest BCUT2D eigenvalue weighted by molar-refractivity contribution is 5.51. The smallest absolute Gasteiger partial charge is 0.166 e. The molecular weight excluding hydrogens is 257 g/mol. The molecule has 0 saturated carbocycles. The molecule has 3 nitrogen and oxygen atoms in total. The third-order valence-corrected chi connectivity index (χ3v) is 3.29. The van der Waals surface area contributed by atoms with Crippen LogP contribution in [0.5, 0.6) is 11.5 Å². The lowest BCUT2D eigenvalue weighted by Gasteiger charge is -2.21. The summed E-state index contributed by atoms with van der Waals surface area (Å²) in [6.45, 7) is 3.51. The SMILES string of the molecule is Cc1cc(NCc2cccc3c2OCCO3)ccc1F. The molecule has 0 aromatic heterocycles. The minimum atomic E-state index is -0.190. The van der Waals surface area contributed by atoms with Gasteiger partial charge in [-0.1, -0.05) is 12.1 Å². The molecule has 1 N–H and O–H groups in total. The molecule has 2 aromatic carbocycles. The Bertz CT molecular complexity index is 628. The van der Waals surface area contributed by atoms with Crippen LogP contribution in [0.15, 0.2) is 36.4 Å². The van der Waals surface area contributed by atoms with E-state index in [2.05, 4.69) is 5.32 Å². The lowest BCUT2D eigenvalue weighted by Crippen LogP contribution is -2.17. The summed E-state index contributed by atoms with van der Waals surface area (Å²) in [7, 11) is 0. The number of hydrogen-bond acceptors (Lipinski definition) is 3. The number of para-hydroxylation sites is 1. The van der Waals surface area contributed by atoms with Crippen LogP contribution in [0, 0.1) is 12.7 Å². The predicted molar refractivity (Wildman–Crippen MR) is 75.9 cm³/mol. The summed E-state index contributed by atoms with van der Waals surface area (Å²) in [6, 6.07) is 10.8. The summed E-state index contributed by atoms with van der Waals surface area (Å²) in [5, 5.41) is 3.28. The van der Waals surface area contributed by atoms with Crippen molar-refractivity contribution in [2.24, 2.45) is 0 Å². The van der Waals surface area contributed by atoms with Crippen molar-refractivity contribution >= 4 is 5.69 Å². The van der Waals surface area contributed by atoms with Gasteiger partial charge >= 0.3 is 0 Å². The Hall–Kier alpha value is -2.23. The van der Waals surface area contributed by atoms with E-state index in [0.717, 1.165) is 22.7 Å². The Balaban J connectivity index is 1.76. The van der Waals surface area contributed by atoms with Gasteiger partial charge < -0.3 is 14.8 Å². The fourth-order valence-corrected chi connectivity index (χ4v) is 2.23. The molecule has 0 aliphatic carbocycles. The minimum absolute atomic E-state index is 0.190. The highest BCUT2D eigenvalue weighted by Gasteiger charge is 2.15. The first kappa shape index (κ1) is 12.8. The number of halogens is 1. The fraction of sp³-hybridized carbons (Fsp3) is 0.250. The number of ether oxygens (including phenoxy) is 2. The van der Waals surface area contributed by atoms with Crippen molar-refractivity contribution in [1.82, 2.24) is 0 Å². The lowest BCUT2D eigenvalue weighted by molar-refractivity contribution is 0.170. The first-order valence-corrected chi connectivity index (χ1v) is 6.61. The topological polar surface area (TPSA) is 30.5 Å². The Kier molecular flexibility index (Phi) is 3.46. The van der Waals surface area contributed by atoms with Crippen molar-refractivity contribution in [1.29, 1.82) is 0 Å². The zero-order valence-corrected chi connectivity index (χ0v) is 11.3. The molecule has 4 heteroatoms. The Labute approximate surface area is 117 Å². The van der Waals surface area contributed by atoms with Gasteiger partial charge in [0.2, 0.25) is 0 Å². The van der Waals surface area contributed by atoms with Crippen LogP contribution < -0.4 is 14.8 Å². The second-order valence-electron chi connectivity index (χ2n) is 4.76. The summed E-state index contributed by atoms with van der Waals surface area (Å²) in [5.41, 5.74) is 2.55. The molecule has 0 atom stereocenters. The largest absolute Gasteiger partial charge is 0.486 e. The summed E-state index contributed by atoms with van der Waals surface area (Å²) >= 11 is 0. The number of anilines is 1. The van der Waals surface area contributed by atoms with Crippen LogP contribution in [0.3, 0.4) is 0 Å². The monoisotopic (exact) mass is 273 g/mol. The molecule has 0 unspecified atom stereocenters. The van der Waals surface area contributed by atoms with Crippen molar-refractivity contribution in [2.75, 3.05) is 18.5 Å². The highest BCUT2D eigenvalue weighted by Crippen LogP contribution is 2.33. The molecule has 1 aliphatic heterocycles. The van der Waals surface area contributed by atoms with Crippen molar-refractivity contribution < 1.29 is 13.9 Å². The molecule has 0 amide bonds. The van der Waals surface area contributed by atoms with Crippen LogP contribution in [0.2, 0.25) is 0 Å². The average Bonchev–Trinajstić information content (AvgIpc) is 2.48. The van der Waals surface area contributed by atoms with Gasteiger partial charge in [0.15, 0.2) is 11.5 Å². The van der Waals surface area contributed by atoms with Crippen molar-refractivity contribution in [3.8, 4) is 11.5 Å². The maximum absolute atomic E-state index is 13.2. The first-order valence-electron chi connectivity index (χ1n) is 6.61. The van der Waals surface area contributed by atoms with E-state index in [-0.39, 0.29) is 5.82 Å². The van der Waals surface area contributed by atoms with E-state index in [1.165, 1.54) is 6.07 Å². The molecule has 0 spiro atoms. The van der Waals surface area contributed by atoms with E-state index >= 15 is 0 Å². The number of nitrogens with one attached hydrogen (secondary N) is 1. The van der Waals surface area contributed by atoms with Crippen LogP contribution in [0.25, 0.3) is 0 Å². The van der Waals surface area contributed by atoms with Gasteiger partial charge in [0.05, 0.1) is 0 Å². The summed E-state index contributed by atoms with van der Waals surface area (Å²) in [6.07, 6.45) is 0.